The van der Waals surface area contributed by atoms with Gasteiger partial charge in [-0.25, -0.2) is 0 Å². The third-order valence-corrected chi connectivity index (χ3v) is 4.39. The molecule has 0 bridgehead atoms. The first-order valence-electron chi connectivity index (χ1n) is 7.70. The highest BCUT2D eigenvalue weighted by atomic mass is 35.5. The van der Waals surface area contributed by atoms with E-state index < -0.39 is 4.92 Å². The third kappa shape index (κ3) is 4.90. The van der Waals surface area contributed by atoms with Gasteiger partial charge in [0, 0.05) is 36.3 Å². The molecule has 1 aromatic rings. The van der Waals surface area contributed by atoms with Crippen LogP contribution in [-0.4, -0.2) is 44.2 Å². The number of rotatable bonds is 6. The number of nitro groups is 1. The zero-order chi connectivity index (χ0) is 16.9. The second kappa shape index (κ2) is 8.96. The van der Waals surface area contributed by atoms with Gasteiger partial charge in [-0.15, -0.1) is 12.4 Å². The molecule has 0 spiro atoms. The number of aryl methyl sites for hydroxylation is 1. The fraction of sp³-hybridized carbons (Fsp3) is 0.562. The molecule has 8 heteroatoms. The Morgan fingerprint density at radius 1 is 1.42 bits per heavy atom. The van der Waals surface area contributed by atoms with Crippen LogP contribution in [0.1, 0.15) is 28.8 Å². The first kappa shape index (κ1) is 20.3. The Bertz CT molecular complexity index is 583. The smallest absolute Gasteiger partial charge is 0.272 e. The van der Waals surface area contributed by atoms with Crippen molar-refractivity contribution in [2.75, 3.05) is 33.4 Å². The molecule has 1 heterocycles. The summed E-state index contributed by atoms with van der Waals surface area (Å²) in [7, 11) is 1.67. The van der Waals surface area contributed by atoms with Crippen LogP contribution in [0.5, 0.6) is 0 Å². The van der Waals surface area contributed by atoms with E-state index in [0.717, 1.165) is 25.9 Å². The van der Waals surface area contributed by atoms with E-state index in [1.54, 1.807) is 20.1 Å². The van der Waals surface area contributed by atoms with Crippen molar-refractivity contribution in [3.63, 3.8) is 0 Å². The number of nitro benzene ring substituents is 1. The van der Waals surface area contributed by atoms with Crippen LogP contribution in [0.3, 0.4) is 0 Å². The summed E-state index contributed by atoms with van der Waals surface area (Å²) in [5.74, 6) is -0.211. The van der Waals surface area contributed by atoms with Crippen molar-refractivity contribution in [1.29, 1.82) is 0 Å². The molecule has 1 fully saturated rings. The van der Waals surface area contributed by atoms with E-state index in [2.05, 4.69) is 10.6 Å². The van der Waals surface area contributed by atoms with Gasteiger partial charge in [0.15, 0.2) is 0 Å². The maximum Gasteiger partial charge on any atom is 0.272 e. The average Bonchev–Trinajstić information content (AvgIpc) is 2.53. The fourth-order valence-corrected chi connectivity index (χ4v) is 3.01. The second-order valence-electron chi connectivity index (χ2n) is 6.12. The Balaban J connectivity index is 0.00000288. The molecule has 0 saturated carbocycles. The van der Waals surface area contributed by atoms with Crippen LogP contribution in [0.2, 0.25) is 0 Å². The minimum atomic E-state index is -0.445. The summed E-state index contributed by atoms with van der Waals surface area (Å²) >= 11 is 0. The lowest BCUT2D eigenvalue weighted by atomic mass is 9.79. The van der Waals surface area contributed by atoms with E-state index in [-0.39, 0.29) is 29.4 Å². The van der Waals surface area contributed by atoms with E-state index in [0.29, 0.717) is 24.3 Å². The van der Waals surface area contributed by atoms with Crippen LogP contribution in [0.4, 0.5) is 5.69 Å². The average molecular weight is 358 g/mol. The lowest BCUT2D eigenvalue weighted by Gasteiger charge is -2.37. The van der Waals surface area contributed by atoms with Gasteiger partial charge in [-0.3, -0.25) is 14.9 Å². The maximum atomic E-state index is 12.3. The van der Waals surface area contributed by atoms with Gasteiger partial charge in [0.25, 0.3) is 11.6 Å². The molecule has 1 aliphatic rings. The number of amides is 1. The Morgan fingerprint density at radius 3 is 2.62 bits per heavy atom. The number of carbonyl (C=O) groups is 1. The molecule has 0 aromatic heterocycles. The summed E-state index contributed by atoms with van der Waals surface area (Å²) in [4.78, 5) is 22.7. The lowest BCUT2D eigenvalue weighted by Crippen LogP contribution is -2.47. The fourth-order valence-electron chi connectivity index (χ4n) is 3.01. The minimum Gasteiger partial charge on any atom is -0.384 e. The highest BCUT2D eigenvalue weighted by Gasteiger charge is 2.32. The Hall–Kier alpha value is -1.70. The van der Waals surface area contributed by atoms with Gasteiger partial charge in [0.2, 0.25) is 0 Å². The van der Waals surface area contributed by atoms with Crippen LogP contribution >= 0.6 is 12.4 Å². The largest absolute Gasteiger partial charge is 0.384 e. The number of piperidine rings is 1. The van der Waals surface area contributed by atoms with Crippen molar-refractivity contribution in [3.8, 4) is 0 Å². The van der Waals surface area contributed by atoms with E-state index in [4.69, 9.17) is 4.74 Å². The van der Waals surface area contributed by atoms with Gasteiger partial charge in [-0.2, -0.15) is 0 Å². The number of hydrogen-bond acceptors (Lipinski definition) is 5. The van der Waals surface area contributed by atoms with E-state index in [1.807, 2.05) is 0 Å². The number of benzene rings is 1. The number of methoxy groups -OCH3 is 1. The molecule has 0 radical (unpaired) electrons. The number of halogens is 1. The summed E-state index contributed by atoms with van der Waals surface area (Å²) < 4.78 is 5.33. The van der Waals surface area contributed by atoms with Crippen molar-refractivity contribution in [1.82, 2.24) is 10.6 Å². The van der Waals surface area contributed by atoms with Crippen molar-refractivity contribution >= 4 is 24.0 Å². The highest BCUT2D eigenvalue weighted by molar-refractivity contribution is 5.94. The van der Waals surface area contributed by atoms with Gasteiger partial charge in [-0.05, 0) is 45.0 Å². The molecule has 1 amide bonds. The number of hydrogen-bond donors (Lipinski definition) is 2. The predicted molar refractivity (Wildman–Crippen MR) is 93.8 cm³/mol. The third-order valence-electron chi connectivity index (χ3n) is 4.39. The Morgan fingerprint density at radius 2 is 2.08 bits per heavy atom. The number of nitrogens with one attached hydrogen (secondary N) is 2. The van der Waals surface area contributed by atoms with Gasteiger partial charge >= 0.3 is 0 Å². The molecule has 24 heavy (non-hydrogen) atoms. The van der Waals surface area contributed by atoms with Crippen LogP contribution < -0.4 is 10.6 Å². The van der Waals surface area contributed by atoms with E-state index in [1.165, 1.54) is 12.1 Å². The highest BCUT2D eigenvalue weighted by Crippen LogP contribution is 2.28. The van der Waals surface area contributed by atoms with Crippen LogP contribution in [-0.2, 0) is 4.74 Å². The van der Waals surface area contributed by atoms with Crippen LogP contribution in [0.25, 0.3) is 0 Å². The normalized spacial score (nSPS) is 16.1. The molecular weight excluding hydrogens is 334 g/mol. The number of nitrogens with zero attached hydrogens (tertiary/aromatic N) is 1. The Kier molecular flexibility index (Phi) is 7.59. The standard InChI is InChI=1S/C16H23N3O4.ClH/c1-12-9-13(3-4-14(12)19(21)22)15(20)18-10-16(11-23-2)5-7-17-8-6-16;/h3-4,9,17H,5-8,10-11H2,1-2H3,(H,18,20);1H. The zero-order valence-electron chi connectivity index (χ0n) is 14.0. The predicted octanol–water partition coefficient (Wildman–Crippen LogP) is 2.07. The SMILES string of the molecule is COCC1(CNC(=O)c2ccc([N+](=O)[O-])c(C)c2)CCNCC1.Cl. The molecule has 1 saturated heterocycles. The van der Waals surface area contributed by atoms with Gasteiger partial charge < -0.3 is 15.4 Å². The number of ether oxygens (including phenoxy) is 1. The van der Waals surface area contributed by atoms with E-state index >= 15 is 0 Å². The molecule has 1 aromatic carbocycles. The van der Waals surface area contributed by atoms with Crippen molar-refractivity contribution in [3.05, 3.63) is 39.4 Å². The Labute approximate surface area is 147 Å². The van der Waals surface area contributed by atoms with E-state index in [9.17, 15) is 14.9 Å². The minimum absolute atomic E-state index is 0. The molecule has 1 aliphatic heterocycles. The molecule has 0 aliphatic carbocycles. The van der Waals surface area contributed by atoms with Gasteiger partial charge in [0.1, 0.15) is 0 Å². The molecule has 2 N–H and O–H groups in total. The second-order valence-corrected chi connectivity index (χ2v) is 6.12. The molecule has 0 atom stereocenters. The molecule has 0 unspecified atom stereocenters. The van der Waals surface area contributed by atoms with Crippen LogP contribution in [0.15, 0.2) is 18.2 Å². The zero-order valence-corrected chi connectivity index (χ0v) is 14.8. The monoisotopic (exact) mass is 357 g/mol. The van der Waals surface area contributed by atoms with Crippen molar-refractivity contribution in [2.45, 2.75) is 19.8 Å². The van der Waals surface area contributed by atoms with Crippen molar-refractivity contribution in [2.24, 2.45) is 5.41 Å². The molecular formula is C16H24ClN3O4. The topological polar surface area (TPSA) is 93.5 Å². The summed E-state index contributed by atoms with van der Waals surface area (Å²) in [6, 6.07) is 4.42. The van der Waals surface area contributed by atoms with Gasteiger partial charge in [0.05, 0.1) is 11.5 Å². The van der Waals surface area contributed by atoms with Gasteiger partial charge in [-0.1, -0.05) is 0 Å². The lowest BCUT2D eigenvalue weighted by molar-refractivity contribution is -0.385. The molecule has 2 rings (SSSR count). The first-order chi connectivity index (χ1) is 11.0. The number of carbonyl (C=O) groups excluding carboxylic acids is 1. The van der Waals surface area contributed by atoms with Crippen LogP contribution in [0, 0.1) is 22.5 Å². The summed E-state index contributed by atoms with van der Waals surface area (Å²) in [6.07, 6.45) is 1.89. The summed E-state index contributed by atoms with van der Waals surface area (Å²) in [5, 5.41) is 17.1. The molecule has 134 valence electrons. The van der Waals surface area contributed by atoms with Crippen molar-refractivity contribution < 1.29 is 14.5 Å². The quantitative estimate of drug-likeness (QED) is 0.600. The summed E-state index contributed by atoms with van der Waals surface area (Å²) in [6.45, 7) is 4.60. The first-order valence-corrected chi connectivity index (χ1v) is 7.70. The maximum absolute atomic E-state index is 12.3. The molecule has 7 nitrogen and oxygen atoms in total. The summed E-state index contributed by atoms with van der Waals surface area (Å²) in [5.41, 5.74) is 0.896.